The fourth-order valence-corrected chi connectivity index (χ4v) is 2.42. The number of nitrogens with one attached hydrogen (secondary N) is 1. The molecule has 102 valence electrons. The summed E-state index contributed by atoms with van der Waals surface area (Å²) in [5.41, 5.74) is 2.87. The third-order valence-corrected chi connectivity index (χ3v) is 3.51. The van der Waals surface area contributed by atoms with Gasteiger partial charge in [-0.15, -0.1) is 12.4 Å². The SMILES string of the molecule is CC1CN(Cc2ccc(C(C)C)cc2)CCN1.Cl. The van der Waals surface area contributed by atoms with Crippen LogP contribution in [0.1, 0.15) is 37.8 Å². The Morgan fingerprint density at radius 2 is 1.94 bits per heavy atom. The van der Waals surface area contributed by atoms with Crippen molar-refractivity contribution in [2.24, 2.45) is 0 Å². The van der Waals surface area contributed by atoms with E-state index in [1.807, 2.05) is 0 Å². The quantitative estimate of drug-likeness (QED) is 0.907. The molecule has 1 atom stereocenters. The number of piperazine rings is 1. The second kappa shape index (κ2) is 7.13. The number of rotatable bonds is 3. The molecule has 1 fully saturated rings. The molecule has 1 heterocycles. The van der Waals surface area contributed by atoms with Crippen molar-refractivity contribution in [3.05, 3.63) is 35.4 Å². The lowest BCUT2D eigenvalue weighted by Crippen LogP contribution is -2.48. The van der Waals surface area contributed by atoms with Crippen LogP contribution < -0.4 is 5.32 Å². The minimum atomic E-state index is 0. The zero-order valence-corrected chi connectivity index (χ0v) is 12.5. The number of hydrogen-bond acceptors (Lipinski definition) is 2. The standard InChI is InChI=1S/C15H24N2.ClH/c1-12(2)15-6-4-14(5-7-15)11-17-9-8-16-13(3)10-17;/h4-7,12-13,16H,8-11H2,1-3H3;1H. The van der Waals surface area contributed by atoms with Gasteiger partial charge in [0.25, 0.3) is 0 Å². The first-order valence-electron chi connectivity index (χ1n) is 6.69. The third kappa shape index (κ3) is 4.27. The van der Waals surface area contributed by atoms with Crippen LogP contribution in [0.25, 0.3) is 0 Å². The summed E-state index contributed by atoms with van der Waals surface area (Å²) < 4.78 is 0. The largest absolute Gasteiger partial charge is 0.312 e. The van der Waals surface area contributed by atoms with Gasteiger partial charge in [0.2, 0.25) is 0 Å². The molecule has 0 radical (unpaired) electrons. The summed E-state index contributed by atoms with van der Waals surface area (Å²) in [6.07, 6.45) is 0. The third-order valence-electron chi connectivity index (χ3n) is 3.51. The van der Waals surface area contributed by atoms with Crippen LogP contribution in [0.2, 0.25) is 0 Å². The zero-order chi connectivity index (χ0) is 12.3. The smallest absolute Gasteiger partial charge is 0.0234 e. The van der Waals surface area contributed by atoms with Crippen molar-refractivity contribution < 1.29 is 0 Å². The molecule has 0 aromatic heterocycles. The van der Waals surface area contributed by atoms with Crippen molar-refractivity contribution >= 4 is 12.4 Å². The van der Waals surface area contributed by atoms with Crippen molar-refractivity contribution in [1.82, 2.24) is 10.2 Å². The summed E-state index contributed by atoms with van der Waals surface area (Å²) in [6, 6.07) is 9.72. The second-order valence-electron chi connectivity index (χ2n) is 5.49. The maximum Gasteiger partial charge on any atom is 0.0234 e. The molecule has 0 spiro atoms. The van der Waals surface area contributed by atoms with Gasteiger partial charge in [-0.25, -0.2) is 0 Å². The Labute approximate surface area is 117 Å². The van der Waals surface area contributed by atoms with E-state index in [1.165, 1.54) is 11.1 Å². The van der Waals surface area contributed by atoms with Crippen LogP contribution in [0.15, 0.2) is 24.3 Å². The van der Waals surface area contributed by atoms with Gasteiger partial charge in [0.15, 0.2) is 0 Å². The molecule has 1 N–H and O–H groups in total. The predicted molar refractivity (Wildman–Crippen MR) is 80.5 cm³/mol. The molecule has 0 amide bonds. The van der Waals surface area contributed by atoms with E-state index in [4.69, 9.17) is 0 Å². The molecule has 1 unspecified atom stereocenters. The highest BCUT2D eigenvalue weighted by molar-refractivity contribution is 5.85. The van der Waals surface area contributed by atoms with Crippen LogP contribution in [0.3, 0.4) is 0 Å². The fourth-order valence-electron chi connectivity index (χ4n) is 2.42. The van der Waals surface area contributed by atoms with E-state index in [-0.39, 0.29) is 12.4 Å². The molecule has 1 aliphatic heterocycles. The maximum atomic E-state index is 3.48. The minimum Gasteiger partial charge on any atom is -0.312 e. The second-order valence-corrected chi connectivity index (χ2v) is 5.49. The van der Waals surface area contributed by atoms with Crippen molar-refractivity contribution in [3.63, 3.8) is 0 Å². The lowest BCUT2D eigenvalue weighted by atomic mass is 10.0. The van der Waals surface area contributed by atoms with Crippen molar-refractivity contribution in [1.29, 1.82) is 0 Å². The molecule has 2 nitrogen and oxygen atoms in total. The normalized spacial score (nSPS) is 20.8. The van der Waals surface area contributed by atoms with Gasteiger partial charge in [-0.3, -0.25) is 4.90 Å². The van der Waals surface area contributed by atoms with Gasteiger partial charge in [-0.2, -0.15) is 0 Å². The monoisotopic (exact) mass is 268 g/mol. The van der Waals surface area contributed by atoms with Crippen LogP contribution >= 0.6 is 12.4 Å². The Bertz CT molecular complexity index is 348. The number of benzene rings is 1. The van der Waals surface area contributed by atoms with Crippen molar-refractivity contribution in [3.8, 4) is 0 Å². The average Bonchev–Trinajstić information content (AvgIpc) is 2.29. The van der Waals surface area contributed by atoms with E-state index >= 15 is 0 Å². The molecule has 0 saturated carbocycles. The van der Waals surface area contributed by atoms with E-state index in [0.717, 1.165) is 26.2 Å². The molecule has 2 rings (SSSR count). The Hall–Kier alpha value is -0.570. The highest BCUT2D eigenvalue weighted by atomic mass is 35.5. The summed E-state index contributed by atoms with van der Waals surface area (Å²) in [7, 11) is 0. The van der Waals surface area contributed by atoms with Gasteiger partial charge in [-0.05, 0) is 24.0 Å². The van der Waals surface area contributed by atoms with Gasteiger partial charge < -0.3 is 5.32 Å². The molecule has 18 heavy (non-hydrogen) atoms. The van der Waals surface area contributed by atoms with Gasteiger partial charge >= 0.3 is 0 Å². The molecule has 0 aliphatic carbocycles. The molecule has 1 saturated heterocycles. The lowest BCUT2D eigenvalue weighted by molar-refractivity contribution is 0.199. The summed E-state index contributed by atoms with van der Waals surface area (Å²) in [4.78, 5) is 2.53. The molecule has 1 aromatic rings. The van der Waals surface area contributed by atoms with Crippen molar-refractivity contribution in [2.45, 2.75) is 39.3 Å². The first-order valence-corrected chi connectivity index (χ1v) is 6.69. The van der Waals surface area contributed by atoms with Crippen LogP contribution in [-0.2, 0) is 6.54 Å². The van der Waals surface area contributed by atoms with Crippen LogP contribution in [0, 0.1) is 0 Å². The van der Waals surface area contributed by atoms with Gasteiger partial charge in [0.1, 0.15) is 0 Å². The predicted octanol–water partition coefficient (Wildman–Crippen LogP) is 3.03. The van der Waals surface area contributed by atoms with Crippen LogP contribution in [-0.4, -0.2) is 30.6 Å². The first-order chi connectivity index (χ1) is 8.15. The highest BCUT2D eigenvalue weighted by Gasteiger charge is 2.15. The first kappa shape index (κ1) is 15.5. The van der Waals surface area contributed by atoms with Crippen LogP contribution in [0.4, 0.5) is 0 Å². The molecule has 1 aliphatic rings. The summed E-state index contributed by atoms with van der Waals surface area (Å²) >= 11 is 0. The summed E-state index contributed by atoms with van der Waals surface area (Å²) in [5.74, 6) is 0.628. The number of hydrogen-bond donors (Lipinski definition) is 1. The Balaban J connectivity index is 0.00000162. The minimum absolute atomic E-state index is 0. The molecular formula is C15H25ClN2. The molecule has 1 aromatic carbocycles. The van der Waals surface area contributed by atoms with E-state index in [2.05, 4.69) is 55.3 Å². The Morgan fingerprint density at radius 1 is 1.28 bits per heavy atom. The van der Waals surface area contributed by atoms with Gasteiger partial charge in [0, 0.05) is 32.2 Å². The van der Waals surface area contributed by atoms with Crippen LogP contribution in [0.5, 0.6) is 0 Å². The number of nitrogens with zero attached hydrogens (tertiary/aromatic N) is 1. The fraction of sp³-hybridized carbons (Fsp3) is 0.600. The molecule has 0 bridgehead atoms. The maximum absolute atomic E-state index is 3.48. The summed E-state index contributed by atoms with van der Waals surface area (Å²) in [6.45, 7) is 11.3. The van der Waals surface area contributed by atoms with E-state index in [9.17, 15) is 0 Å². The average molecular weight is 269 g/mol. The van der Waals surface area contributed by atoms with Crippen molar-refractivity contribution in [2.75, 3.05) is 19.6 Å². The van der Waals surface area contributed by atoms with E-state index in [1.54, 1.807) is 0 Å². The van der Waals surface area contributed by atoms with E-state index in [0.29, 0.717) is 12.0 Å². The van der Waals surface area contributed by atoms with Gasteiger partial charge in [0.05, 0.1) is 0 Å². The zero-order valence-electron chi connectivity index (χ0n) is 11.6. The van der Waals surface area contributed by atoms with E-state index < -0.39 is 0 Å². The number of halogens is 1. The van der Waals surface area contributed by atoms with Gasteiger partial charge in [-0.1, -0.05) is 38.1 Å². The molecular weight excluding hydrogens is 244 g/mol. The lowest BCUT2D eigenvalue weighted by Gasteiger charge is -2.31. The molecule has 3 heteroatoms. The highest BCUT2D eigenvalue weighted by Crippen LogP contribution is 2.16. The Kier molecular flexibility index (Phi) is 6.13. The Morgan fingerprint density at radius 3 is 2.50 bits per heavy atom. The topological polar surface area (TPSA) is 15.3 Å². The summed E-state index contributed by atoms with van der Waals surface area (Å²) in [5, 5.41) is 3.48.